The minimum Gasteiger partial charge on any atom is -0.481 e. The topological polar surface area (TPSA) is 88.0 Å². The van der Waals surface area contributed by atoms with Gasteiger partial charge in [0.1, 0.15) is 5.75 Å². The van der Waals surface area contributed by atoms with E-state index in [4.69, 9.17) is 21.4 Å². The normalized spacial score (nSPS) is 12.3. The van der Waals surface area contributed by atoms with Crippen molar-refractivity contribution in [1.82, 2.24) is 5.43 Å². The van der Waals surface area contributed by atoms with Crippen LogP contribution in [0.1, 0.15) is 25.3 Å². The molecule has 0 radical (unpaired) electrons. The van der Waals surface area contributed by atoms with E-state index in [1.807, 2.05) is 18.2 Å². The number of hydrogen-bond donors (Lipinski definition) is 2. The average molecular weight is 375 g/mol. The smallest absolute Gasteiger partial charge is 0.303 e. The first-order valence-electron chi connectivity index (χ1n) is 8.01. The number of halogens is 1. The molecule has 2 aromatic carbocycles. The van der Waals surface area contributed by atoms with Crippen LogP contribution in [-0.4, -0.2) is 28.8 Å². The maximum absolute atomic E-state index is 12.2. The first-order valence-corrected chi connectivity index (χ1v) is 8.39. The number of carbonyl (C=O) groups excluding carboxylic acids is 1. The van der Waals surface area contributed by atoms with Gasteiger partial charge >= 0.3 is 5.97 Å². The molecule has 26 heavy (non-hydrogen) atoms. The molecule has 7 heteroatoms. The van der Waals surface area contributed by atoms with Crippen LogP contribution < -0.4 is 10.2 Å². The summed E-state index contributed by atoms with van der Waals surface area (Å²) in [6, 6.07) is 15.8. The number of nitrogens with zero attached hydrogens (tertiary/aromatic N) is 1. The molecular weight excluding hydrogens is 356 g/mol. The number of nitrogens with one attached hydrogen (secondary N) is 1. The molecule has 2 N–H and O–H groups in total. The molecule has 0 aliphatic carbocycles. The number of benzene rings is 2. The van der Waals surface area contributed by atoms with Crippen LogP contribution in [-0.2, 0) is 9.59 Å². The zero-order valence-electron chi connectivity index (χ0n) is 14.2. The Kier molecular flexibility index (Phi) is 7.17. The third kappa shape index (κ3) is 6.22. The highest BCUT2D eigenvalue weighted by atomic mass is 35.5. The molecular formula is C19H19ClN2O4. The molecule has 136 valence electrons. The second-order valence-corrected chi connectivity index (χ2v) is 5.94. The largest absolute Gasteiger partial charge is 0.481 e. The Morgan fingerprint density at radius 2 is 1.77 bits per heavy atom. The van der Waals surface area contributed by atoms with E-state index in [1.165, 1.54) is 0 Å². The summed E-state index contributed by atoms with van der Waals surface area (Å²) >= 11 is 5.81. The number of hydrazone groups is 1. The van der Waals surface area contributed by atoms with E-state index < -0.39 is 18.0 Å². The third-order valence-corrected chi connectivity index (χ3v) is 3.73. The number of ether oxygens (including phenoxy) is 1. The van der Waals surface area contributed by atoms with Gasteiger partial charge in [-0.3, -0.25) is 9.59 Å². The van der Waals surface area contributed by atoms with E-state index in [-0.39, 0.29) is 12.8 Å². The van der Waals surface area contributed by atoms with Gasteiger partial charge in [0, 0.05) is 11.4 Å². The quantitative estimate of drug-likeness (QED) is 0.546. The second-order valence-electron chi connectivity index (χ2n) is 5.51. The molecule has 2 rings (SSSR count). The van der Waals surface area contributed by atoms with Crippen molar-refractivity contribution in [2.45, 2.75) is 25.9 Å². The summed E-state index contributed by atoms with van der Waals surface area (Å²) < 4.78 is 5.53. The Hall–Kier alpha value is -2.86. The number of carboxylic acid groups (broad SMARTS) is 1. The summed E-state index contributed by atoms with van der Waals surface area (Å²) in [6.07, 6.45) is -0.664. The Bertz CT molecular complexity index is 776. The summed E-state index contributed by atoms with van der Waals surface area (Å²) in [4.78, 5) is 23.0. The van der Waals surface area contributed by atoms with Crippen LogP contribution >= 0.6 is 11.6 Å². The lowest BCUT2D eigenvalue weighted by Crippen LogP contribution is -2.34. The number of amides is 1. The van der Waals surface area contributed by atoms with Crippen LogP contribution in [0.2, 0.25) is 5.02 Å². The SMILES string of the molecule is CC(Oc1ccc(Cl)cc1)C(=O)N/N=C(/CCC(=O)O)c1ccccc1. The minimum atomic E-state index is -0.931. The Morgan fingerprint density at radius 1 is 1.12 bits per heavy atom. The minimum absolute atomic E-state index is 0.0829. The van der Waals surface area contributed by atoms with Crippen molar-refractivity contribution in [3.05, 3.63) is 65.2 Å². The molecule has 0 saturated heterocycles. The molecule has 0 saturated carbocycles. The second kappa shape index (κ2) is 9.58. The van der Waals surface area contributed by atoms with Crippen LogP contribution in [0.3, 0.4) is 0 Å². The molecule has 1 amide bonds. The summed E-state index contributed by atoms with van der Waals surface area (Å²) in [6.45, 7) is 1.60. The zero-order valence-corrected chi connectivity index (χ0v) is 14.9. The zero-order chi connectivity index (χ0) is 18.9. The van der Waals surface area contributed by atoms with Gasteiger partial charge in [0.15, 0.2) is 6.10 Å². The first kappa shape index (κ1) is 19.5. The summed E-state index contributed by atoms with van der Waals surface area (Å²) in [5.41, 5.74) is 3.68. The van der Waals surface area contributed by atoms with E-state index in [2.05, 4.69) is 10.5 Å². The monoisotopic (exact) mass is 374 g/mol. The van der Waals surface area contributed by atoms with Crippen molar-refractivity contribution in [2.24, 2.45) is 5.10 Å². The molecule has 1 unspecified atom stereocenters. The number of carbonyl (C=O) groups is 2. The van der Waals surface area contributed by atoms with Gasteiger partial charge in [0.05, 0.1) is 12.1 Å². The fraction of sp³-hybridized carbons (Fsp3) is 0.211. The number of carboxylic acids is 1. The van der Waals surface area contributed by atoms with Crippen molar-refractivity contribution in [2.75, 3.05) is 0 Å². The highest BCUT2D eigenvalue weighted by Gasteiger charge is 2.15. The summed E-state index contributed by atoms with van der Waals surface area (Å²) in [7, 11) is 0. The Labute approximate surface area is 156 Å². The fourth-order valence-electron chi connectivity index (χ4n) is 2.10. The van der Waals surface area contributed by atoms with Crippen LogP contribution in [0.4, 0.5) is 0 Å². The van der Waals surface area contributed by atoms with Crippen LogP contribution in [0.15, 0.2) is 59.7 Å². The van der Waals surface area contributed by atoms with E-state index in [9.17, 15) is 9.59 Å². The predicted octanol–water partition coefficient (Wildman–Crippen LogP) is 3.49. The van der Waals surface area contributed by atoms with Gasteiger partial charge in [-0.2, -0.15) is 5.10 Å². The number of aliphatic carboxylic acids is 1. The lowest BCUT2D eigenvalue weighted by atomic mass is 10.1. The van der Waals surface area contributed by atoms with E-state index in [1.54, 1.807) is 43.3 Å². The standard InChI is InChI=1S/C19H19ClN2O4/c1-13(26-16-9-7-15(20)8-10-16)19(25)22-21-17(11-12-18(23)24)14-5-3-2-4-6-14/h2-10,13H,11-12H2,1H3,(H,22,25)(H,23,24)/b21-17-. The van der Waals surface area contributed by atoms with E-state index in [0.29, 0.717) is 16.5 Å². The van der Waals surface area contributed by atoms with Gasteiger partial charge in [-0.25, -0.2) is 5.43 Å². The van der Waals surface area contributed by atoms with Gasteiger partial charge in [-0.15, -0.1) is 0 Å². The van der Waals surface area contributed by atoms with Gasteiger partial charge < -0.3 is 9.84 Å². The maximum Gasteiger partial charge on any atom is 0.303 e. The fourth-order valence-corrected chi connectivity index (χ4v) is 2.23. The third-order valence-electron chi connectivity index (χ3n) is 3.48. The van der Waals surface area contributed by atoms with Gasteiger partial charge in [-0.1, -0.05) is 41.9 Å². The Balaban J connectivity index is 2.03. The van der Waals surface area contributed by atoms with E-state index in [0.717, 1.165) is 5.56 Å². The molecule has 6 nitrogen and oxygen atoms in total. The molecule has 0 aliphatic rings. The highest BCUT2D eigenvalue weighted by molar-refractivity contribution is 6.30. The average Bonchev–Trinajstić information content (AvgIpc) is 2.64. The van der Waals surface area contributed by atoms with Gasteiger partial charge in [0.25, 0.3) is 5.91 Å². The summed E-state index contributed by atoms with van der Waals surface area (Å²) in [5, 5.41) is 13.6. The molecule has 0 aromatic heterocycles. The first-order chi connectivity index (χ1) is 12.5. The van der Waals surface area contributed by atoms with Gasteiger partial charge in [0.2, 0.25) is 0 Å². The molecule has 0 fully saturated rings. The van der Waals surface area contributed by atoms with E-state index >= 15 is 0 Å². The van der Waals surface area contributed by atoms with Crippen LogP contribution in [0, 0.1) is 0 Å². The van der Waals surface area contributed by atoms with Crippen molar-refractivity contribution in [1.29, 1.82) is 0 Å². The van der Waals surface area contributed by atoms with Crippen molar-refractivity contribution in [3.63, 3.8) is 0 Å². The van der Waals surface area contributed by atoms with Crippen LogP contribution in [0.25, 0.3) is 0 Å². The van der Waals surface area contributed by atoms with Crippen molar-refractivity contribution < 1.29 is 19.4 Å². The predicted molar refractivity (Wildman–Crippen MR) is 99.5 cm³/mol. The molecule has 0 aliphatic heterocycles. The molecule has 2 aromatic rings. The van der Waals surface area contributed by atoms with Gasteiger partial charge in [-0.05, 0) is 36.8 Å². The molecule has 0 heterocycles. The van der Waals surface area contributed by atoms with Crippen LogP contribution in [0.5, 0.6) is 5.75 Å². The molecule has 1 atom stereocenters. The lowest BCUT2D eigenvalue weighted by molar-refractivity contribution is -0.136. The van der Waals surface area contributed by atoms with Crippen molar-refractivity contribution in [3.8, 4) is 5.75 Å². The molecule has 0 bridgehead atoms. The lowest BCUT2D eigenvalue weighted by Gasteiger charge is -2.13. The number of rotatable bonds is 8. The maximum atomic E-state index is 12.2. The number of hydrogen-bond acceptors (Lipinski definition) is 4. The van der Waals surface area contributed by atoms with Crippen molar-refractivity contribution >= 4 is 29.2 Å². The Morgan fingerprint density at radius 3 is 2.38 bits per heavy atom. The highest BCUT2D eigenvalue weighted by Crippen LogP contribution is 2.16. The summed E-state index contributed by atoms with van der Waals surface area (Å²) in [5.74, 6) is -0.863. The molecule has 0 spiro atoms.